The van der Waals surface area contributed by atoms with Gasteiger partial charge < -0.3 is 16.4 Å². The molecule has 1 aliphatic carbocycles. The Hall–Kier alpha value is -0.650. The lowest BCUT2D eigenvalue weighted by molar-refractivity contribution is -0.128. The molecule has 0 spiro atoms. The number of carbonyl (C=O) groups is 1. The number of rotatable bonds is 4. The van der Waals surface area contributed by atoms with Crippen molar-refractivity contribution >= 4 is 5.91 Å². The molecule has 1 amide bonds. The Morgan fingerprint density at radius 1 is 1.42 bits per heavy atom. The van der Waals surface area contributed by atoms with Gasteiger partial charge in [0.2, 0.25) is 5.91 Å². The second kappa shape index (κ2) is 6.68. The fourth-order valence-corrected chi connectivity index (χ4v) is 3.18. The van der Waals surface area contributed by atoms with Gasteiger partial charge >= 0.3 is 0 Å². The molecule has 1 aliphatic heterocycles. The summed E-state index contributed by atoms with van der Waals surface area (Å²) in [6, 6.07) is 0. The molecule has 5 nitrogen and oxygen atoms in total. The van der Waals surface area contributed by atoms with Crippen LogP contribution in [0.5, 0.6) is 0 Å². The lowest BCUT2D eigenvalue weighted by Crippen LogP contribution is -2.53. The van der Waals surface area contributed by atoms with E-state index >= 15 is 0 Å². The highest BCUT2D eigenvalue weighted by Gasteiger charge is 2.37. The van der Waals surface area contributed by atoms with Crippen LogP contribution in [0.3, 0.4) is 0 Å². The van der Waals surface area contributed by atoms with Crippen LogP contribution in [0.15, 0.2) is 0 Å². The van der Waals surface area contributed by atoms with E-state index in [1.807, 2.05) is 6.92 Å². The van der Waals surface area contributed by atoms with E-state index < -0.39 is 0 Å². The molecule has 1 heterocycles. The van der Waals surface area contributed by atoms with E-state index in [9.17, 15) is 4.79 Å². The lowest BCUT2D eigenvalue weighted by Gasteiger charge is -2.37. The Balaban J connectivity index is 1.71. The average molecular weight is 268 g/mol. The molecule has 0 aromatic carbocycles. The first-order valence-electron chi connectivity index (χ1n) is 7.59. The van der Waals surface area contributed by atoms with Crippen molar-refractivity contribution in [2.45, 2.75) is 38.1 Å². The molecule has 2 aliphatic rings. The zero-order chi connectivity index (χ0) is 13.7. The lowest BCUT2D eigenvalue weighted by atomic mass is 9.74. The number of nitrogens with two attached hydrogens (primary N) is 1. The van der Waals surface area contributed by atoms with E-state index in [2.05, 4.69) is 15.5 Å². The minimum atomic E-state index is -0.322. The van der Waals surface area contributed by atoms with Gasteiger partial charge in [-0.2, -0.15) is 0 Å². The minimum Gasteiger partial charge on any atom is -0.355 e. The molecule has 110 valence electrons. The second-order valence-electron chi connectivity index (χ2n) is 6.19. The molecule has 2 fully saturated rings. The SMILES string of the molecule is CC1(N)CCCCC1C(=O)NCCN1CCNCC1. The first-order chi connectivity index (χ1) is 9.09. The van der Waals surface area contributed by atoms with Gasteiger partial charge in [-0.1, -0.05) is 12.8 Å². The van der Waals surface area contributed by atoms with Crippen LogP contribution in [-0.4, -0.2) is 55.6 Å². The van der Waals surface area contributed by atoms with Crippen molar-refractivity contribution in [3.05, 3.63) is 0 Å². The summed E-state index contributed by atoms with van der Waals surface area (Å²) < 4.78 is 0. The van der Waals surface area contributed by atoms with Gasteiger partial charge in [-0.25, -0.2) is 0 Å². The number of nitrogens with one attached hydrogen (secondary N) is 2. The molecule has 0 aromatic heterocycles. The standard InChI is InChI=1S/C14H28N4O/c1-14(15)5-3-2-4-12(14)13(19)17-8-11-18-9-6-16-7-10-18/h12,16H,2-11,15H2,1H3,(H,17,19). The summed E-state index contributed by atoms with van der Waals surface area (Å²) in [5.74, 6) is 0.143. The van der Waals surface area contributed by atoms with Crippen molar-refractivity contribution in [2.24, 2.45) is 11.7 Å². The average Bonchev–Trinajstić information content (AvgIpc) is 2.39. The van der Waals surface area contributed by atoms with Gasteiger partial charge in [0.25, 0.3) is 0 Å². The Bertz CT molecular complexity index is 300. The summed E-state index contributed by atoms with van der Waals surface area (Å²) in [6.07, 6.45) is 4.18. The third-order valence-corrected chi connectivity index (χ3v) is 4.51. The highest BCUT2D eigenvalue weighted by Crippen LogP contribution is 2.31. The molecule has 4 N–H and O–H groups in total. The van der Waals surface area contributed by atoms with E-state index in [1.54, 1.807) is 0 Å². The van der Waals surface area contributed by atoms with E-state index in [1.165, 1.54) is 0 Å². The zero-order valence-corrected chi connectivity index (χ0v) is 12.1. The predicted molar refractivity (Wildman–Crippen MR) is 76.9 cm³/mol. The molecule has 1 saturated heterocycles. The van der Waals surface area contributed by atoms with E-state index in [-0.39, 0.29) is 17.4 Å². The van der Waals surface area contributed by atoms with Crippen LogP contribution in [-0.2, 0) is 4.79 Å². The van der Waals surface area contributed by atoms with Gasteiger partial charge in [-0.15, -0.1) is 0 Å². The molecule has 2 unspecified atom stereocenters. The number of hydrogen-bond acceptors (Lipinski definition) is 4. The zero-order valence-electron chi connectivity index (χ0n) is 12.1. The van der Waals surface area contributed by atoms with Gasteiger partial charge in [-0.05, 0) is 19.8 Å². The molecular weight excluding hydrogens is 240 g/mol. The third-order valence-electron chi connectivity index (χ3n) is 4.51. The van der Waals surface area contributed by atoms with Gasteiger partial charge in [-0.3, -0.25) is 9.69 Å². The van der Waals surface area contributed by atoms with Crippen LogP contribution >= 0.6 is 0 Å². The van der Waals surface area contributed by atoms with Crippen LogP contribution in [0.1, 0.15) is 32.6 Å². The Kier molecular flexibility index (Phi) is 5.19. The van der Waals surface area contributed by atoms with Gasteiger partial charge in [0, 0.05) is 44.8 Å². The monoisotopic (exact) mass is 268 g/mol. The van der Waals surface area contributed by atoms with Crippen molar-refractivity contribution < 1.29 is 4.79 Å². The molecule has 0 bridgehead atoms. The van der Waals surface area contributed by atoms with Crippen LogP contribution in [0.4, 0.5) is 0 Å². The van der Waals surface area contributed by atoms with Crippen molar-refractivity contribution in [1.29, 1.82) is 0 Å². The van der Waals surface area contributed by atoms with Crippen molar-refractivity contribution in [1.82, 2.24) is 15.5 Å². The van der Waals surface area contributed by atoms with Crippen LogP contribution in [0, 0.1) is 5.92 Å². The summed E-state index contributed by atoms with van der Waals surface area (Å²) in [4.78, 5) is 14.6. The normalized spacial score (nSPS) is 33.1. The number of carbonyl (C=O) groups excluding carboxylic acids is 1. The molecule has 0 aromatic rings. The molecule has 2 rings (SSSR count). The summed E-state index contributed by atoms with van der Waals surface area (Å²) in [5, 5.41) is 6.41. The molecular formula is C14H28N4O. The maximum absolute atomic E-state index is 12.2. The van der Waals surface area contributed by atoms with Crippen LogP contribution in [0.25, 0.3) is 0 Å². The maximum Gasteiger partial charge on any atom is 0.225 e. The van der Waals surface area contributed by atoms with Crippen molar-refractivity contribution in [2.75, 3.05) is 39.3 Å². The van der Waals surface area contributed by atoms with Gasteiger partial charge in [0.05, 0.1) is 5.92 Å². The fourth-order valence-electron chi connectivity index (χ4n) is 3.18. The largest absolute Gasteiger partial charge is 0.355 e. The first kappa shape index (κ1) is 14.8. The predicted octanol–water partition coefficient (Wildman–Crippen LogP) is -0.0846. The van der Waals surface area contributed by atoms with E-state index in [0.717, 1.165) is 65.0 Å². The van der Waals surface area contributed by atoms with Crippen LogP contribution < -0.4 is 16.4 Å². The number of hydrogen-bond donors (Lipinski definition) is 3. The Labute approximate surface area is 116 Å². The Morgan fingerprint density at radius 3 is 2.84 bits per heavy atom. The smallest absolute Gasteiger partial charge is 0.225 e. The number of amides is 1. The fraction of sp³-hybridized carbons (Fsp3) is 0.929. The van der Waals surface area contributed by atoms with Crippen molar-refractivity contribution in [3.63, 3.8) is 0 Å². The molecule has 19 heavy (non-hydrogen) atoms. The summed E-state index contributed by atoms with van der Waals surface area (Å²) in [7, 11) is 0. The van der Waals surface area contributed by atoms with Crippen LogP contribution in [0.2, 0.25) is 0 Å². The highest BCUT2D eigenvalue weighted by atomic mass is 16.1. The Morgan fingerprint density at radius 2 is 2.16 bits per heavy atom. The molecule has 1 saturated carbocycles. The van der Waals surface area contributed by atoms with E-state index in [4.69, 9.17) is 5.73 Å². The highest BCUT2D eigenvalue weighted by molar-refractivity contribution is 5.80. The summed E-state index contributed by atoms with van der Waals surface area (Å²) in [6.45, 7) is 7.97. The molecule has 5 heteroatoms. The summed E-state index contributed by atoms with van der Waals surface area (Å²) in [5.41, 5.74) is 5.94. The van der Waals surface area contributed by atoms with Crippen molar-refractivity contribution in [3.8, 4) is 0 Å². The minimum absolute atomic E-state index is 0.00993. The van der Waals surface area contributed by atoms with E-state index in [0.29, 0.717) is 0 Å². The third kappa shape index (κ3) is 4.16. The topological polar surface area (TPSA) is 70.4 Å². The number of nitrogens with zero attached hydrogens (tertiary/aromatic N) is 1. The maximum atomic E-state index is 12.2. The van der Waals surface area contributed by atoms with Gasteiger partial charge in [0.15, 0.2) is 0 Å². The molecule has 2 atom stereocenters. The van der Waals surface area contributed by atoms with Gasteiger partial charge in [0.1, 0.15) is 0 Å². The molecule has 0 radical (unpaired) electrons. The number of piperazine rings is 1. The summed E-state index contributed by atoms with van der Waals surface area (Å²) >= 11 is 0. The quantitative estimate of drug-likeness (QED) is 0.667. The first-order valence-corrected chi connectivity index (χ1v) is 7.59. The second-order valence-corrected chi connectivity index (χ2v) is 6.19.